The maximum Gasteiger partial charge on any atom is 0.335 e. The van der Waals surface area contributed by atoms with Gasteiger partial charge >= 0.3 is 5.97 Å². The molecule has 1 amide bonds. The summed E-state index contributed by atoms with van der Waals surface area (Å²) < 4.78 is 0. The van der Waals surface area contributed by atoms with E-state index in [1.165, 1.54) is 18.2 Å². The highest BCUT2D eigenvalue weighted by Crippen LogP contribution is 2.05. The standard InChI is InChI=1S/C14H13N3O3/c1-9-6-16-12(7-15-9)8-17-13(18)10-3-2-4-11(5-10)14(19)20/h2-7H,8H2,1H3,(H,17,18)(H,19,20). The zero-order valence-corrected chi connectivity index (χ0v) is 10.8. The van der Waals surface area contributed by atoms with Crippen LogP contribution < -0.4 is 5.32 Å². The molecule has 6 heteroatoms. The fourth-order valence-electron chi connectivity index (χ4n) is 1.58. The minimum atomic E-state index is -1.07. The third-order valence-electron chi connectivity index (χ3n) is 2.64. The molecule has 1 aromatic carbocycles. The summed E-state index contributed by atoms with van der Waals surface area (Å²) >= 11 is 0. The molecule has 0 radical (unpaired) electrons. The Bertz CT molecular complexity index is 638. The molecule has 20 heavy (non-hydrogen) atoms. The van der Waals surface area contributed by atoms with Gasteiger partial charge in [0, 0.05) is 11.8 Å². The van der Waals surface area contributed by atoms with Crippen LogP contribution in [-0.4, -0.2) is 27.0 Å². The number of carbonyl (C=O) groups excluding carboxylic acids is 1. The molecule has 102 valence electrons. The summed E-state index contributed by atoms with van der Waals surface area (Å²) in [6, 6.07) is 5.86. The van der Waals surface area contributed by atoms with Crippen molar-refractivity contribution in [3.8, 4) is 0 Å². The Morgan fingerprint density at radius 2 is 1.95 bits per heavy atom. The van der Waals surface area contributed by atoms with Crippen molar-refractivity contribution in [2.45, 2.75) is 13.5 Å². The summed E-state index contributed by atoms with van der Waals surface area (Å²) in [5.74, 6) is -1.42. The maximum absolute atomic E-state index is 11.9. The molecule has 1 heterocycles. The van der Waals surface area contributed by atoms with Crippen molar-refractivity contribution in [1.82, 2.24) is 15.3 Å². The van der Waals surface area contributed by atoms with Crippen LogP contribution in [0.4, 0.5) is 0 Å². The van der Waals surface area contributed by atoms with Crippen LogP contribution in [0.5, 0.6) is 0 Å². The molecule has 0 atom stereocenters. The predicted molar refractivity (Wildman–Crippen MR) is 71.3 cm³/mol. The summed E-state index contributed by atoms with van der Waals surface area (Å²) in [5.41, 5.74) is 1.81. The van der Waals surface area contributed by atoms with E-state index in [2.05, 4.69) is 15.3 Å². The second kappa shape index (κ2) is 5.92. The van der Waals surface area contributed by atoms with E-state index in [1.807, 2.05) is 6.92 Å². The molecule has 2 aromatic rings. The van der Waals surface area contributed by atoms with Crippen LogP contribution >= 0.6 is 0 Å². The Morgan fingerprint density at radius 1 is 1.20 bits per heavy atom. The lowest BCUT2D eigenvalue weighted by Crippen LogP contribution is -2.23. The summed E-state index contributed by atoms with van der Waals surface area (Å²) in [6.07, 6.45) is 3.20. The Balaban J connectivity index is 2.03. The highest BCUT2D eigenvalue weighted by Gasteiger charge is 2.09. The number of amides is 1. The lowest BCUT2D eigenvalue weighted by atomic mass is 10.1. The van der Waals surface area contributed by atoms with Crippen molar-refractivity contribution in [1.29, 1.82) is 0 Å². The van der Waals surface area contributed by atoms with Gasteiger partial charge in [-0.1, -0.05) is 6.07 Å². The molecule has 2 rings (SSSR count). The third kappa shape index (κ3) is 3.38. The van der Waals surface area contributed by atoms with Crippen LogP contribution in [0.2, 0.25) is 0 Å². The first-order valence-corrected chi connectivity index (χ1v) is 5.95. The van der Waals surface area contributed by atoms with Crippen molar-refractivity contribution in [2.75, 3.05) is 0 Å². The number of rotatable bonds is 4. The van der Waals surface area contributed by atoms with E-state index in [1.54, 1.807) is 18.5 Å². The number of nitrogens with one attached hydrogen (secondary N) is 1. The van der Waals surface area contributed by atoms with Crippen molar-refractivity contribution >= 4 is 11.9 Å². The van der Waals surface area contributed by atoms with E-state index < -0.39 is 5.97 Å². The number of aromatic nitrogens is 2. The summed E-state index contributed by atoms with van der Waals surface area (Å²) in [4.78, 5) is 30.9. The molecule has 2 N–H and O–H groups in total. The number of aryl methyl sites for hydroxylation is 1. The van der Waals surface area contributed by atoms with E-state index in [4.69, 9.17) is 5.11 Å². The van der Waals surface area contributed by atoms with Crippen LogP contribution in [0.3, 0.4) is 0 Å². The van der Waals surface area contributed by atoms with E-state index in [0.717, 1.165) is 5.69 Å². The zero-order chi connectivity index (χ0) is 14.5. The number of nitrogens with zero attached hydrogens (tertiary/aromatic N) is 2. The van der Waals surface area contributed by atoms with Gasteiger partial charge in [-0.2, -0.15) is 0 Å². The van der Waals surface area contributed by atoms with Gasteiger partial charge in [0.1, 0.15) is 0 Å². The maximum atomic E-state index is 11.9. The number of carboxylic acid groups (broad SMARTS) is 1. The van der Waals surface area contributed by atoms with E-state index in [-0.39, 0.29) is 18.0 Å². The molecular weight excluding hydrogens is 258 g/mol. The van der Waals surface area contributed by atoms with Gasteiger partial charge in [0.25, 0.3) is 5.91 Å². The Hall–Kier alpha value is -2.76. The number of benzene rings is 1. The van der Waals surface area contributed by atoms with Gasteiger partial charge in [0.15, 0.2) is 0 Å². The number of hydrogen-bond acceptors (Lipinski definition) is 4. The lowest BCUT2D eigenvalue weighted by molar-refractivity contribution is 0.0697. The van der Waals surface area contributed by atoms with Crippen molar-refractivity contribution in [2.24, 2.45) is 0 Å². The second-order valence-corrected chi connectivity index (χ2v) is 4.22. The molecule has 0 aliphatic heterocycles. The van der Waals surface area contributed by atoms with Gasteiger partial charge in [-0.05, 0) is 25.1 Å². The molecule has 6 nitrogen and oxygen atoms in total. The van der Waals surface area contributed by atoms with Crippen LogP contribution in [0.1, 0.15) is 32.1 Å². The van der Waals surface area contributed by atoms with Crippen molar-refractivity contribution < 1.29 is 14.7 Å². The molecule has 0 aliphatic carbocycles. The fraction of sp³-hybridized carbons (Fsp3) is 0.143. The molecule has 1 aromatic heterocycles. The van der Waals surface area contributed by atoms with E-state index in [9.17, 15) is 9.59 Å². The number of hydrogen-bond donors (Lipinski definition) is 2. The summed E-state index contributed by atoms with van der Waals surface area (Å²) in [5, 5.41) is 11.5. The minimum absolute atomic E-state index is 0.0766. The molecular formula is C14H13N3O3. The van der Waals surface area contributed by atoms with Gasteiger partial charge in [-0.3, -0.25) is 14.8 Å². The minimum Gasteiger partial charge on any atom is -0.478 e. The quantitative estimate of drug-likeness (QED) is 0.877. The first-order valence-electron chi connectivity index (χ1n) is 5.95. The Kier molecular flexibility index (Phi) is 4.05. The SMILES string of the molecule is Cc1cnc(CNC(=O)c2cccc(C(=O)O)c2)cn1. The molecule has 0 unspecified atom stereocenters. The number of carbonyl (C=O) groups is 2. The topological polar surface area (TPSA) is 92.2 Å². The van der Waals surface area contributed by atoms with Crippen LogP contribution in [-0.2, 0) is 6.54 Å². The smallest absolute Gasteiger partial charge is 0.335 e. The zero-order valence-electron chi connectivity index (χ0n) is 10.8. The van der Waals surface area contributed by atoms with Crippen molar-refractivity contribution in [3.05, 3.63) is 59.2 Å². The highest BCUT2D eigenvalue weighted by atomic mass is 16.4. The molecule has 0 bridgehead atoms. The van der Waals surface area contributed by atoms with Gasteiger partial charge in [0.2, 0.25) is 0 Å². The monoisotopic (exact) mass is 271 g/mol. The molecule has 0 fully saturated rings. The van der Waals surface area contributed by atoms with Crippen molar-refractivity contribution in [3.63, 3.8) is 0 Å². The third-order valence-corrected chi connectivity index (χ3v) is 2.64. The first-order chi connectivity index (χ1) is 9.56. The van der Waals surface area contributed by atoms with Gasteiger partial charge in [0.05, 0.1) is 29.7 Å². The normalized spacial score (nSPS) is 10.1. The Morgan fingerprint density at radius 3 is 2.60 bits per heavy atom. The highest BCUT2D eigenvalue weighted by molar-refractivity contribution is 5.97. The average molecular weight is 271 g/mol. The van der Waals surface area contributed by atoms with Gasteiger partial charge in [-0.15, -0.1) is 0 Å². The Labute approximate surface area is 115 Å². The van der Waals surface area contributed by atoms with Crippen LogP contribution in [0.15, 0.2) is 36.7 Å². The summed E-state index contributed by atoms with van der Waals surface area (Å²) in [7, 11) is 0. The van der Waals surface area contributed by atoms with Crippen LogP contribution in [0.25, 0.3) is 0 Å². The average Bonchev–Trinajstić information content (AvgIpc) is 2.46. The molecule has 0 spiro atoms. The number of carboxylic acids is 1. The van der Waals surface area contributed by atoms with E-state index >= 15 is 0 Å². The number of aromatic carboxylic acids is 1. The van der Waals surface area contributed by atoms with E-state index in [0.29, 0.717) is 11.3 Å². The lowest BCUT2D eigenvalue weighted by Gasteiger charge is -2.05. The largest absolute Gasteiger partial charge is 0.478 e. The van der Waals surface area contributed by atoms with Gasteiger partial charge < -0.3 is 10.4 Å². The summed E-state index contributed by atoms with van der Waals surface area (Å²) in [6.45, 7) is 2.07. The predicted octanol–water partition coefficient (Wildman–Crippen LogP) is 1.41. The fourth-order valence-corrected chi connectivity index (χ4v) is 1.58. The first kappa shape index (κ1) is 13.7. The van der Waals surface area contributed by atoms with Gasteiger partial charge in [-0.25, -0.2) is 4.79 Å². The van der Waals surface area contributed by atoms with Crippen LogP contribution in [0, 0.1) is 6.92 Å². The second-order valence-electron chi connectivity index (χ2n) is 4.22. The molecule has 0 aliphatic rings. The molecule has 0 saturated carbocycles. The molecule has 0 saturated heterocycles.